The van der Waals surface area contributed by atoms with Crippen molar-refractivity contribution in [1.29, 1.82) is 0 Å². The molecule has 5 nitrogen and oxygen atoms in total. The number of aromatic nitrogens is 2. The van der Waals surface area contributed by atoms with E-state index >= 15 is 0 Å². The number of thiazole rings is 1. The van der Waals surface area contributed by atoms with Gasteiger partial charge in [0.15, 0.2) is 0 Å². The molecule has 0 unspecified atom stereocenters. The van der Waals surface area contributed by atoms with Gasteiger partial charge in [-0.25, -0.2) is 9.97 Å². The van der Waals surface area contributed by atoms with Crippen LogP contribution < -0.4 is 4.90 Å². The number of halogens is 1. The van der Waals surface area contributed by atoms with Crippen LogP contribution in [0.5, 0.6) is 0 Å². The van der Waals surface area contributed by atoms with Crippen molar-refractivity contribution in [3.8, 4) is 21.8 Å². The van der Waals surface area contributed by atoms with Gasteiger partial charge in [0, 0.05) is 41.3 Å². The second-order valence-corrected chi connectivity index (χ2v) is 7.37. The van der Waals surface area contributed by atoms with Crippen molar-refractivity contribution in [2.24, 2.45) is 0 Å². The molecule has 0 amide bonds. The smallest absolute Gasteiger partial charge is 0.310 e. The number of ether oxygens (including phenoxy) is 1. The number of methoxy groups -OCH3 is 1. The van der Waals surface area contributed by atoms with Crippen molar-refractivity contribution in [2.45, 2.75) is 6.42 Å². The van der Waals surface area contributed by atoms with Gasteiger partial charge in [-0.05, 0) is 24.3 Å². The molecule has 1 aromatic carbocycles. The van der Waals surface area contributed by atoms with E-state index in [0.717, 1.165) is 32.5 Å². The molecule has 0 atom stereocenters. The molecule has 0 fully saturated rings. The van der Waals surface area contributed by atoms with Gasteiger partial charge in [-0.3, -0.25) is 4.79 Å². The maximum absolute atomic E-state index is 11.8. The fourth-order valence-electron chi connectivity index (χ4n) is 2.41. The molecule has 26 heavy (non-hydrogen) atoms. The molecule has 0 spiro atoms. The van der Waals surface area contributed by atoms with Crippen LogP contribution in [-0.4, -0.2) is 37.1 Å². The molecule has 0 bridgehead atoms. The summed E-state index contributed by atoms with van der Waals surface area (Å²) in [5.41, 5.74) is 2.59. The van der Waals surface area contributed by atoms with Crippen LogP contribution in [0.15, 0.2) is 42.6 Å². The summed E-state index contributed by atoms with van der Waals surface area (Å²) < 4.78 is 4.82. The van der Waals surface area contributed by atoms with Crippen LogP contribution in [0.1, 0.15) is 4.88 Å². The highest BCUT2D eigenvalue weighted by molar-refractivity contribution is 7.15. The maximum atomic E-state index is 11.8. The second kappa shape index (κ2) is 7.85. The molecule has 3 aromatic rings. The lowest BCUT2D eigenvalue weighted by Crippen LogP contribution is -2.09. The fraction of sp³-hybridized carbons (Fsp3) is 0.211. The molecule has 0 aliphatic carbocycles. The zero-order valence-corrected chi connectivity index (χ0v) is 16.3. The van der Waals surface area contributed by atoms with E-state index < -0.39 is 0 Å². The Morgan fingerprint density at radius 2 is 1.85 bits per heavy atom. The normalized spacial score (nSPS) is 10.6. The third kappa shape index (κ3) is 4.03. The summed E-state index contributed by atoms with van der Waals surface area (Å²) in [5.74, 6) is 0.578. The molecule has 0 aliphatic heterocycles. The van der Waals surface area contributed by atoms with E-state index in [9.17, 15) is 4.79 Å². The molecule has 3 rings (SSSR count). The molecule has 0 radical (unpaired) electrons. The fourth-order valence-corrected chi connectivity index (χ4v) is 3.59. The van der Waals surface area contributed by atoms with Crippen LogP contribution in [0, 0.1) is 0 Å². The van der Waals surface area contributed by atoms with Gasteiger partial charge in [-0.1, -0.05) is 23.7 Å². The highest BCUT2D eigenvalue weighted by atomic mass is 35.5. The predicted octanol–water partition coefficient (Wildman–Crippen LogP) is 4.31. The number of carbonyl (C=O) groups is 1. The highest BCUT2D eigenvalue weighted by Gasteiger charge is 2.17. The van der Waals surface area contributed by atoms with E-state index in [1.165, 1.54) is 18.4 Å². The van der Waals surface area contributed by atoms with E-state index in [1.807, 2.05) is 55.4 Å². The molecule has 134 valence electrons. The van der Waals surface area contributed by atoms with Crippen LogP contribution >= 0.6 is 22.9 Å². The number of nitrogens with zero attached hydrogens (tertiary/aromatic N) is 3. The molecular weight excluding hydrogens is 370 g/mol. The average molecular weight is 388 g/mol. The Labute approximate surface area is 161 Å². The van der Waals surface area contributed by atoms with Gasteiger partial charge in [0.2, 0.25) is 0 Å². The summed E-state index contributed by atoms with van der Waals surface area (Å²) in [6.07, 6.45) is 1.97. The molecule has 0 saturated heterocycles. The van der Waals surface area contributed by atoms with E-state index in [4.69, 9.17) is 21.3 Å². The largest absolute Gasteiger partial charge is 0.469 e. The predicted molar refractivity (Wildman–Crippen MR) is 106 cm³/mol. The molecule has 0 N–H and O–H groups in total. The molecule has 2 aromatic heterocycles. The standard InChI is InChI=1S/C19H18ClN3O2S/c1-23(2)16-9-6-13(11-21-16)19-22-18(12-4-7-14(20)8-5-12)15(26-19)10-17(24)25-3/h4-9,11H,10H2,1-3H3. The maximum Gasteiger partial charge on any atom is 0.310 e. The van der Waals surface area contributed by atoms with Crippen LogP contribution in [0.4, 0.5) is 5.82 Å². The summed E-state index contributed by atoms with van der Waals surface area (Å²) in [7, 11) is 5.27. The van der Waals surface area contributed by atoms with Gasteiger partial charge in [-0.2, -0.15) is 0 Å². The Morgan fingerprint density at radius 1 is 1.15 bits per heavy atom. The Kier molecular flexibility index (Phi) is 5.54. The Morgan fingerprint density at radius 3 is 2.42 bits per heavy atom. The number of anilines is 1. The third-order valence-corrected chi connectivity index (χ3v) is 5.16. The summed E-state index contributed by atoms with van der Waals surface area (Å²) in [5, 5.41) is 1.47. The Hall–Kier alpha value is -2.44. The van der Waals surface area contributed by atoms with Gasteiger partial charge >= 0.3 is 5.97 Å². The van der Waals surface area contributed by atoms with Gasteiger partial charge in [0.25, 0.3) is 0 Å². The second-order valence-electron chi connectivity index (χ2n) is 5.85. The summed E-state index contributed by atoms with van der Waals surface area (Å²) in [6, 6.07) is 11.3. The molecule has 0 saturated carbocycles. The van der Waals surface area contributed by atoms with E-state index in [2.05, 4.69) is 4.98 Å². The third-order valence-electron chi connectivity index (χ3n) is 3.80. The van der Waals surface area contributed by atoms with E-state index in [-0.39, 0.29) is 12.4 Å². The number of rotatable bonds is 5. The average Bonchev–Trinajstić information content (AvgIpc) is 3.06. The minimum atomic E-state index is -0.295. The Balaban J connectivity index is 2.02. The number of esters is 1. The van der Waals surface area contributed by atoms with Crippen LogP contribution in [0.25, 0.3) is 21.8 Å². The minimum absolute atomic E-state index is 0.176. The zero-order chi connectivity index (χ0) is 18.7. The highest BCUT2D eigenvalue weighted by Crippen LogP contribution is 2.35. The quantitative estimate of drug-likeness (QED) is 0.610. The number of carbonyl (C=O) groups excluding carboxylic acids is 1. The topological polar surface area (TPSA) is 55.3 Å². The number of benzene rings is 1. The number of hydrogen-bond acceptors (Lipinski definition) is 6. The Bertz CT molecular complexity index is 906. The van der Waals surface area contributed by atoms with Crippen molar-refractivity contribution in [2.75, 3.05) is 26.1 Å². The molecule has 2 heterocycles. The lowest BCUT2D eigenvalue weighted by Gasteiger charge is -2.10. The number of pyridine rings is 1. The summed E-state index contributed by atoms with van der Waals surface area (Å²) in [6.45, 7) is 0. The first-order valence-electron chi connectivity index (χ1n) is 7.94. The van der Waals surface area contributed by atoms with Gasteiger partial charge in [0.1, 0.15) is 10.8 Å². The lowest BCUT2D eigenvalue weighted by molar-refractivity contribution is -0.139. The van der Waals surface area contributed by atoms with Crippen LogP contribution in [0.2, 0.25) is 5.02 Å². The van der Waals surface area contributed by atoms with Crippen LogP contribution in [-0.2, 0) is 16.0 Å². The first-order valence-corrected chi connectivity index (χ1v) is 9.13. The van der Waals surface area contributed by atoms with Gasteiger partial charge in [0.05, 0.1) is 19.2 Å². The summed E-state index contributed by atoms with van der Waals surface area (Å²) in [4.78, 5) is 23.8. The molecular formula is C19H18ClN3O2S. The van der Waals surface area contributed by atoms with Gasteiger partial charge in [-0.15, -0.1) is 11.3 Å². The summed E-state index contributed by atoms with van der Waals surface area (Å²) >= 11 is 7.45. The molecule has 7 heteroatoms. The number of hydrogen-bond donors (Lipinski definition) is 0. The van der Waals surface area contributed by atoms with Crippen molar-refractivity contribution in [1.82, 2.24) is 9.97 Å². The monoisotopic (exact) mass is 387 g/mol. The van der Waals surface area contributed by atoms with Crippen molar-refractivity contribution < 1.29 is 9.53 Å². The minimum Gasteiger partial charge on any atom is -0.469 e. The van der Waals surface area contributed by atoms with E-state index in [0.29, 0.717) is 5.02 Å². The first-order chi connectivity index (χ1) is 12.5. The van der Waals surface area contributed by atoms with E-state index in [1.54, 1.807) is 6.20 Å². The van der Waals surface area contributed by atoms with Gasteiger partial charge < -0.3 is 9.64 Å². The zero-order valence-electron chi connectivity index (χ0n) is 14.7. The SMILES string of the molecule is COC(=O)Cc1sc(-c2ccc(N(C)C)nc2)nc1-c1ccc(Cl)cc1. The van der Waals surface area contributed by atoms with Crippen LogP contribution in [0.3, 0.4) is 0 Å². The first kappa shape index (κ1) is 18.4. The van der Waals surface area contributed by atoms with Crippen molar-refractivity contribution in [3.05, 3.63) is 52.5 Å². The molecule has 0 aliphatic rings. The lowest BCUT2D eigenvalue weighted by atomic mass is 10.1. The van der Waals surface area contributed by atoms with Crippen molar-refractivity contribution in [3.63, 3.8) is 0 Å². The van der Waals surface area contributed by atoms with Crippen molar-refractivity contribution >= 4 is 34.7 Å².